The van der Waals surface area contributed by atoms with Gasteiger partial charge in [0.15, 0.2) is 0 Å². The van der Waals surface area contributed by atoms with Crippen molar-refractivity contribution in [2.24, 2.45) is 5.41 Å². The molecule has 0 saturated carbocycles. The van der Waals surface area contributed by atoms with Crippen LogP contribution in [0.5, 0.6) is 0 Å². The van der Waals surface area contributed by atoms with Crippen LogP contribution in [0.1, 0.15) is 37.5 Å². The van der Waals surface area contributed by atoms with Crippen LogP contribution in [0.4, 0.5) is 0 Å². The normalized spacial score (nSPS) is 11.8. The summed E-state index contributed by atoms with van der Waals surface area (Å²) in [6, 6.07) is 43.9. The molecule has 0 aliphatic heterocycles. The number of aromatic nitrogens is 3. The number of fused-ring (bicyclic) bond motifs is 4. The predicted octanol–water partition coefficient (Wildman–Crippen LogP) is 11.7. The van der Waals surface area contributed by atoms with Gasteiger partial charge < -0.3 is 14.0 Å². The third kappa shape index (κ3) is 7.47. The van der Waals surface area contributed by atoms with Gasteiger partial charge in [0.05, 0.1) is 30.5 Å². The molecule has 0 aliphatic rings. The van der Waals surface area contributed by atoms with Gasteiger partial charge in [0.25, 0.3) is 0 Å². The van der Waals surface area contributed by atoms with Gasteiger partial charge >= 0.3 is 0 Å². The van der Waals surface area contributed by atoms with Crippen molar-refractivity contribution in [2.75, 3.05) is 0 Å². The van der Waals surface area contributed by atoms with Crippen LogP contribution in [0.15, 0.2) is 120 Å². The predicted molar refractivity (Wildman–Crippen MR) is 217 cm³/mol. The molecule has 52 heavy (non-hydrogen) atoms. The maximum absolute atomic E-state index is 6.30. The molecule has 0 fully saturated rings. The summed E-state index contributed by atoms with van der Waals surface area (Å²) in [5, 5.41) is 3.68. The second-order valence-electron chi connectivity index (χ2n) is 15.7. The van der Waals surface area contributed by atoms with E-state index in [2.05, 4.69) is 138 Å². The van der Waals surface area contributed by atoms with Gasteiger partial charge in [0.2, 0.25) is 0 Å². The molecule has 4 nitrogen and oxygen atoms in total. The first-order valence-corrected chi connectivity index (χ1v) is 21.2. The van der Waals surface area contributed by atoms with Gasteiger partial charge in [-0.05, 0) is 65.9 Å². The fraction of sp³-hybridized carbons (Fsp3) is 0.217. The molecule has 1 radical (unpaired) electrons. The quantitative estimate of drug-likeness (QED) is 0.128. The van der Waals surface area contributed by atoms with Gasteiger partial charge in [-0.25, -0.2) is 0 Å². The Bertz CT molecular complexity index is 2480. The molecule has 0 amide bonds. The SMILES string of the molecule is CC(C)(C)Cc1cc(-c2[c-]cccc2)ncc1[Si](C)(C)C.Cc1cccc(C)c1-n1c(-c2[c-]ccc3c2oc2ccccc23)nc2ccccc21.[Ir]. The van der Waals surface area contributed by atoms with E-state index in [1.54, 1.807) is 0 Å². The van der Waals surface area contributed by atoms with Crippen molar-refractivity contribution in [3.05, 3.63) is 144 Å². The van der Waals surface area contributed by atoms with Gasteiger partial charge in [-0.1, -0.05) is 112 Å². The first-order chi connectivity index (χ1) is 24.4. The Kier molecular flexibility index (Phi) is 10.6. The van der Waals surface area contributed by atoms with Gasteiger partial charge in [0, 0.05) is 37.4 Å². The number of hydrogen-bond donors (Lipinski definition) is 0. The zero-order chi connectivity index (χ0) is 35.9. The van der Waals surface area contributed by atoms with Gasteiger partial charge in [-0.15, -0.1) is 54.1 Å². The van der Waals surface area contributed by atoms with Crippen molar-refractivity contribution in [2.45, 2.75) is 60.7 Å². The van der Waals surface area contributed by atoms with Crippen molar-refractivity contribution < 1.29 is 24.5 Å². The molecule has 0 bridgehead atoms. The van der Waals surface area contributed by atoms with E-state index in [0.29, 0.717) is 0 Å². The minimum atomic E-state index is -1.37. The summed E-state index contributed by atoms with van der Waals surface area (Å²) in [5.41, 5.74) is 12.0. The summed E-state index contributed by atoms with van der Waals surface area (Å²) >= 11 is 0. The van der Waals surface area contributed by atoms with E-state index in [1.165, 1.54) is 21.9 Å². The van der Waals surface area contributed by atoms with E-state index >= 15 is 0 Å². The number of para-hydroxylation sites is 4. The molecule has 3 aromatic heterocycles. The number of benzene rings is 5. The molecule has 265 valence electrons. The molecule has 0 aliphatic carbocycles. The van der Waals surface area contributed by atoms with Crippen LogP contribution in [0.2, 0.25) is 19.6 Å². The van der Waals surface area contributed by atoms with Crippen LogP contribution in [-0.4, -0.2) is 22.6 Å². The number of aryl methyl sites for hydroxylation is 2. The fourth-order valence-electron chi connectivity index (χ4n) is 7.02. The monoisotopic (exact) mass is 876 g/mol. The van der Waals surface area contributed by atoms with E-state index < -0.39 is 8.07 Å². The molecule has 0 N–H and O–H groups in total. The number of nitrogens with zero attached hydrogens (tertiary/aromatic N) is 3. The summed E-state index contributed by atoms with van der Waals surface area (Å²) in [4.78, 5) is 9.74. The van der Waals surface area contributed by atoms with E-state index in [1.807, 2.05) is 48.5 Å². The molecular formula is C46H45IrN3OSi-2. The largest absolute Gasteiger partial charge is 0.501 e. The number of hydrogen-bond acceptors (Lipinski definition) is 3. The van der Waals surface area contributed by atoms with Gasteiger partial charge in [-0.2, -0.15) is 0 Å². The van der Waals surface area contributed by atoms with Crippen LogP contribution in [0, 0.1) is 31.4 Å². The summed E-state index contributed by atoms with van der Waals surface area (Å²) < 4.78 is 8.55. The first-order valence-electron chi connectivity index (χ1n) is 17.7. The minimum absolute atomic E-state index is 0. The second-order valence-corrected chi connectivity index (χ2v) is 20.7. The summed E-state index contributed by atoms with van der Waals surface area (Å²) in [5.74, 6) is 0.846. The summed E-state index contributed by atoms with van der Waals surface area (Å²) in [6.07, 6.45) is 3.21. The number of pyridine rings is 1. The Labute approximate surface area is 322 Å². The zero-order valence-electron chi connectivity index (χ0n) is 31.3. The average molecular weight is 876 g/mol. The maximum Gasteiger partial charge on any atom is 0.120 e. The van der Waals surface area contributed by atoms with E-state index in [0.717, 1.165) is 67.7 Å². The fourth-order valence-corrected chi connectivity index (χ4v) is 8.60. The van der Waals surface area contributed by atoms with E-state index in [-0.39, 0.29) is 25.5 Å². The molecule has 0 spiro atoms. The Balaban J connectivity index is 0.000000187. The molecular weight excluding hydrogens is 831 g/mol. The van der Waals surface area contributed by atoms with Crippen molar-refractivity contribution in [3.8, 4) is 28.3 Å². The molecule has 0 atom stereocenters. The standard InChI is InChI=1S/C27H19N2O.C19H26NSi.Ir/c1-17-9-7-10-18(2)25(17)29-23-15-5-4-14-22(23)28-27(29)21-13-8-12-20-19-11-3-6-16-24(19)30-26(20)21;1-19(2,3)13-16-12-17(15-10-8-7-9-11-15)20-14-18(16)21(4,5)6;/h3-12,14-16H,1-2H3;7-10,12,14H,13H2,1-6H3;/q2*-1;. The van der Waals surface area contributed by atoms with Crippen molar-refractivity contribution >= 4 is 46.2 Å². The number of imidazole rings is 1. The number of furan rings is 1. The molecule has 3 heterocycles. The second kappa shape index (κ2) is 14.8. The topological polar surface area (TPSA) is 43.9 Å². The molecule has 8 rings (SSSR count). The van der Waals surface area contributed by atoms with Crippen molar-refractivity contribution in [3.63, 3.8) is 0 Å². The van der Waals surface area contributed by atoms with Crippen LogP contribution in [0.3, 0.4) is 0 Å². The Hall–Kier alpha value is -4.61. The van der Waals surface area contributed by atoms with Crippen molar-refractivity contribution in [1.82, 2.24) is 14.5 Å². The Morgan fingerprint density at radius 3 is 2.19 bits per heavy atom. The van der Waals surface area contributed by atoms with Gasteiger partial charge in [0.1, 0.15) is 5.58 Å². The van der Waals surface area contributed by atoms with E-state index in [4.69, 9.17) is 14.4 Å². The van der Waals surface area contributed by atoms with Crippen molar-refractivity contribution in [1.29, 1.82) is 0 Å². The first kappa shape index (κ1) is 37.2. The molecule has 5 aromatic carbocycles. The number of rotatable bonds is 5. The van der Waals surface area contributed by atoms with Crippen LogP contribution in [-0.2, 0) is 26.5 Å². The van der Waals surface area contributed by atoms with Crippen LogP contribution >= 0.6 is 0 Å². The maximum atomic E-state index is 6.30. The third-order valence-electron chi connectivity index (χ3n) is 9.29. The summed E-state index contributed by atoms with van der Waals surface area (Å²) in [6.45, 7) is 18.4. The van der Waals surface area contributed by atoms with Crippen LogP contribution in [0.25, 0.3) is 61.3 Å². The van der Waals surface area contributed by atoms with Gasteiger partial charge in [-0.3, -0.25) is 4.98 Å². The Morgan fingerprint density at radius 1 is 0.769 bits per heavy atom. The molecule has 0 saturated heterocycles. The van der Waals surface area contributed by atoms with Crippen LogP contribution < -0.4 is 5.19 Å². The summed E-state index contributed by atoms with van der Waals surface area (Å²) in [7, 11) is -1.37. The zero-order valence-corrected chi connectivity index (χ0v) is 34.7. The Morgan fingerprint density at radius 2 is 1.48 bits per heavy atom. The smallest absolute Gasteiger partial charge is 0.120 e. The average Bonchev–Trinajstić information content (AvgIpc) is 3.67. The third-order valence-corrected chi connectivity index (χ3v) is 11.4. The molecule has 0 unspecified atom stereocenters. The molecule has 6 heteroatoms. The van der Waals surface area contributed by atoms with E-state index in [9.17, 15) is 0 Å². The molecule has 8 aromatic rings. The minimum Gasteiger partial charge on any atom is -0.501 e.